The van der Waals surface area contributed by atoms with Gasteiger partial charge in [-0.1, -0.05) is 6.92 Å². The number of aromatic nitrogens is 2. The van der Waals surface area contributed by atoms with E-state index < -0.39 is 0 Å². The molecule has 5 heteroatoms. The van der Waals surface area contributed by atoms with Gasteiger partial charge >= 0.3 is 0 Å². The second kappa shape index (κ2) is 6.71. The van der Waals surface area contributed by atoms with Crippen LogP contribution in [0.25, 0.3) is 0 Å². The highest BCUT2D eigenvalue weighted by Crippen LogP contribution is 2.16. The molecule has 0 aromatic carbocycles. The van der Waals surface area contributed by atoms with Crippen molar-refractivity contribution in [3.05, 3.63) is 18.1 Å². The summed E-state index contributed by atoms with van der Waals surface area (Å²) in [7, 11) is 0. The van der Waals surface area contributed by atoms with Gasteiger partial charge in [-0.05, 0) is 34.2 Å². The topological polar surface area (TPSA) is 44.3 Å². The van der Waals surface area contributed by atoms with Gasteiger partial charge in [0.05, 0.1) is 11.9 Å². The van der Waals surface area contributed by atoms with Gasteiger partial charge in [-0.3, -0.25) is 9.88 Å². The van der Waals surface area contributed by atoms with Crippen LogP contribution in [0.1, 0.15) is 40.3 Å². The standard InChI is InChI=1S/C16H29N5/c1-6-20-7-8-21(12-13(20)2)15-11-17-9-14(19-15)10-18-16(3,4)5/h9,11,13,18H,6-8,10,12H2,1-5H3. The number of piperazine rings is 1. The molecule has 1 aliphatic heterocycles. The Morgan fingerprint density at radius 1 is 1.29 bits per heavy atom. The van der Waals surface area contributed by atoms with Gasteiger partial charge in [0.1, 0.15) is 5.82 Å². The highest BCUT2D eigenvalue weighted by molar-refractivity contribution is 5.37. The summed E-state index contributed by atoms with van der Waals surface area (Å²) in [6.45, 7) is 16.0. The molecule has 1 N–H and O–H groups in total. The number of nitrogens with zero attached hydrogens (tertiary/aromatic N) is 4. The third kappa shape index (κ3) is 4.64. The van der Waals surface area contributed by atoms with E-state index in [1.165, 1.54) is 0 Å². The fraction of sp³-hybridized carbons (Fsp3) is 0.750. The highest BCUT2D eigenvalue weighted by atomic mass is 15.3. The number of likely N-dealkylation sites (N-methyl/N-ethyl adjacent to an activating group) is 1. The largest absolute Gasteiger partial charge is 0.352 e. The Morgan fingerprint density at radius 3 is 2.67 bits per heavy atom. The fourth-order valence-corrected chi connectivity index (χ4v) is 2.66. The Hall–Kier alpha value is -1.20. The fourth-order valence-electron chi connectivity index (χ4n) is 2.66. The zero-order valence-electron chi connectivity index (χ0n) is 14.1. The number of rotatable bonds is 4. The van der Waals surface area contributed by atoms with E-state index in [0.29, 0.717) is 6.04 Å². The molecule has 2 heterocycles. The molecule has 0 aliphatic carbocycles. The van der Waals surface area contributed by atoms with Crippen molar-refractivity contribution in [1.29, 1.82) is 0 Å². The quantitative estimate of drug-likeness (QED) is 0.918. The molecule has 1 aromatic rings. The second-order valence-corrected chi connectivity index (χ2v) is 6.90. The number of nitrogens with one attached hydrogen (secondary N) is 1. The van der Waals surface area contributed by atoms with E-state index in [-0.39, 0.29) is 5.54 Å². The molecule has 1 atom stereocenters. The summed E-state index contributed by atoms with van der Waals surface area (Å²) in [6, 6.07) is 0.571. The Morgan fingerprint density at radius 2 is 2.05 bits per heavy atom. The SMILES string of the molecule is CCN1CCN(c2cncc(CNC(C)(C)C)n2)CC1C. The molecular formula is C16H29N5. The average Bonchev–Trinajstić information content (AvgIpc) is 2.44. The Bertz CT molecular complexity index is 454. The molecule has 118 valence electrons. The first-order chi connectivity index (χ1) is 9.89. The van der Waals surface area contributed by atoms with Gasteiger partial charge in [-0.15, -0.1) is 0 Å². The van der Waals surface area contributed by atoms with Gasteiger partial charge in [-0.25, -0.2) is 4.98 Å². The molecule has 1 unspecified atom stereocenters. The molecule has 0 radical (unpaired) electrons. The maximum atomic E-state index is 4.77. The van der Waals surface area contributed by atoms with E-state index in [2.05, 4.69) is 54.7 Å². The zero-order chi connectivity index (χ0) is 15.5. The minimum absolute atomic E-state index is 0.0962. The van der Waals surface area contributed by atoms with E-state index in [0.717, 1.165) is 44.2 Å². The van der Waals surface area contributed by atoms with Crippen LogP contribution < -0.4 is 10.2 Å². The number of anilines is 1. The summed E-state index contributed by atoms with van der Waals surface area (Å²) in [5.74, 6) is 1.01. The van der Waals surface area contributed by atoms with E-state index >= 15 is 0 Å². The smallest absolute Gasteiger partial charge is 0.147 e. The van der Waals surface area contributed by atoms with Crippen LogP contribution in [0.2, 0.25) is 0 Å². The molecule has 0 saturated carbocycles. The Balaban J connectivity index is 2.01. The van der Waals surface area contributed by atoms with Crippen LogP contribution in [0, 0.1) is 0 Å². The lowest BCUT2D eigenvalue weighted by Gasteiger charge is -2.39. The van der Waals surface area contributed by atoms with Crippen LogP contribution in [0.4, 0.5) is 5.82 Å². The minimum Gasteiger partial charge on any atom is -0.352 e. The lowest BCUT2D eigenvalue weighted by molar-refractivity contribution is 0.199. The normalized spacial score (nSPS) is 20.8. The molecule has 0 bridgehead atoms. The van der Waals surface area contributed by atoms with Gasteiger partial charge < -0.3 is 10.2 Å². The van der Waals surface area contributed by atoms with Crippen LogP contribution in [0.3, 0.4) is 0 Å². The van der Waals surface area contributed by atoms with Crippen molar-refractivity contribution in [3.63, 3.8) is 0 Å². The molecule has 1 aliphatic rings. The van der Waals surface area contributed by atoms with Crippen molar-refractivity contribution in [1.82, 2.24) is 20.2 Å². The first kappa shape index (κ1) is 16.2. The first-order valence-electron chi connectivity index (χ1n) is 7.94. The van der Waals surface area contributed by atoms with Crippen LogP contribution in [0.5, 0.6) is 0 Å². The van der Waals surface area contributed by atoms with Gasteiger partial charge in [-0.2, -0.15) is 0 Å². The zero-order valence-corrected chi connectivity index (χ0v) is 14.1. The van der Waals surface area contributed by atoms with Crippen LogP contribution in [-0.2, 0) is 6.54 Å². The van der Waals surface area contributed by atoms with E-state index in [1.807, 2.05) is 12.4 Å². The molecule has 0 spiro atoms. The van der Waals surface area contributed by atoms with Crippen molar-refractivity contribution in [3.8, 4) is 0 Å². The predicted octanol–water partition coefficient (Wildman–Crippen LogP) is 1.90. The summed E-state index contributed by atoms with van der Waals surface area (Å²) in [6.07, 6.45) is 3.74. The summed E-state index contributed by atoms with van der Waals surface area (Å²) >= 11 is 0. The van der Waals surface area contributed by atoms with Crippen molar-refractivity contribution < 1.29 is 0 Å². The predicted molar refractivity (Wildman–Crippen MR) is 87.5 cm³/mol. The third-order valence-corrected chi connectivity index (χ3v) is 3.97. The molecular weight excluding hydrogens is 262 g/mol. The molecule has 0 amide bonds. The molecule has 2 rings (SSSR count). The summed E-state index contributed by atoms with van der Waals surface area (Å²) < 4.78 is 0. The first-order valence-corrected chi connectivity index (χ1v) is 7.94. The molecule has 21 heavy (non-hydrogen) atoms. The van der Waals surface area contributed by atoms with E-state index in [1.54, 1.807) is 0 Å². The van der Waals surface area contributed by atoms with Crippen molar-refractivity contribution in [2.75, 3.05) is 31.1 Å². The van der Waals surface area contributed by atoms with Crippen LogP contribution >= 0.6 is 0 Å². The minimum atomic E-state index is 0.0962. The van der Waals surface area contributed by atoms with E-state index in [9.17, 15) is 0 Å². The molecule has 5 nitrogen and oxygen atoms in total. The maximum absolute atomic E-state index is 4.77. The highest BCUT2D eigenvalue weighted by Gasteiger charge is 2.23. The van der Waals surface area contributed by atoms with Gasteiger partial charge in [0.2, 0.25) is 0 Å². The maximum Gasteiger partial charge on any atom is 0.147 e. The van der Waals surface area contributed by atoms with Gasteiger partial charge in [0, 0.05) is 44.0 Å². The Labute approximate surface area is 128 Å². The average molecular weight is 291 g/mol. The molecule has 1 aromatic heterocycles. The van der Waals surface area contributed by atoms with Gasteiger partial charge in [0.15, 0.2) is 0 Å². The van der Waals surface area contributed by atoms with Crippen molar-refractivity contribution in [2.24, 2.45) is 0 Å². The lowest BCUT2D eigenvalue weighted by Crippen LogP contribution is -2.52. The van der Waals surface area contributed by atoms with Crippen molar-refractivity contribution >= 4 is 5.82 Å². The Kier molecular flexibility index (Phi) is 5.17. The summed E-state index contributed by atoms with van der Waals surface area (Å²) in [5.41, 5.74) is 1.10. The van der Waals surface area contributed by atoms with Crippen molar-refractivity contribution in [2.45, 2.75) is 52.7 Å². The molecule has 1 fully saturated rings. The van der Waals surface area contributed by atoms with E-state index in [4.69, 9.17) is 4.98 Å². The summed E-state index contributed by atoms with van der Waals surface area (Å²) in [5, 5.41) is 3.46. The van der Waals surface area contributed by atoms with Crippen LogP contribution in [-0.4, -0.2) is 52.6 Å². The van der Waals surface area contributed by atoms with Gasteiger partial charge in [0.25, 0.3) is 0 Å². The summed E-state index contributed by atoms with van der Waals surface area (Å²) in [4.78, 5) is 14.0. The third-order valence-electron chi connectivity index (χ3n) is 3.97. The second-order valence-electron chi connectivity index (χ2n) is 6.90. The number of hydrogen-bond acceptors (Lipinski definition) is 5. The number of hydrogen-bond donors (Lipinski definition) is 1. The molecule has 1 saturated heterocycles. The van der Waals surface area contributed by atoms with Crippen LogP contribution in [0.15, 0.2) is 12.4 Å². The lowest BCUT2D eigenvalue weighted by atomic mass is 10.1. The monoisotopic (exact) mass is 291 g/mol.